The Bertz CT molecular complexity index is 425. The molecule has 18 heavy (non-hydrogen) atoms. The van der Waals surface area contributed by atoms with Gasteiger partial charge in [0, 0.05) is 24.4 Å². The maximum atomic E-state index is 12.2. The van der Waals surface area contributed by atoms with Crippen LogP contribution in [-0.4, -0.2) is 37.4 Å². The zero-order valence-corrected chi connectivity index (χ0v) is 10.3. The number of ether oxygens (including phenoxy) is 1. The number of benzene rings is 1. The summed E-state index contributed by atoms with van der Waals surface area (Å²) in [6, 6.07) is 4.50. The average molecular weight is 258 g/mol. The summed E-state index contributed by atoms with van der Waals surface area (Å²) in [5, 5.41) is 0. The minimum absolute atomic E-state index is 0.238. The van der Waals surface area contributed by atoms with Crippen LogP contribution >= 0.6 is 0 Å². The van der Waals surface area contributed by atoms with E-state index >= 15 is 0 Å². The number of amides is 1. The first-order valence-corrected chi connectivity index (χ1v) is 5.51. The van der Waals surface area contributed by atoms with Crippen molar-refractivity contribution in [1.29, 1.82) is 0 Å². The number of nitrogens with zero attached hydrogens (tertiary/aromatic N) is 1. The lowest BCUT2D eigenvalue weighted by Crippen LogP contribution is -2.31. The SMILES string of the molecule is CCOc1cc(N)cc(C(=O)N(C)CC(F)F)c1. The number of alkyl halides is 2. The Balaban J connectivity index is 2.91. The quantitative estimate of drug-likeness (QED) is 0.822. The highest BCUT2D eigenvalue weighted by atomic mass is 19.3. The molecule has 0 saturated carbocycles. The summed E-state index contributed by atoms with van der Waals surface area (Å²) in [7, 11) is 1.32. The summed E-state index contributed by atoms with van der Waals surface area (Å²) in [4.78, 5) is 12.8. The fraction of sp³-hybridized carbons (Fsp3) is 0.417. The Labute approximate surface area is 104 Å². The van der Waals surface area contributed by atoms with Gasteiger partial charge in [0.1, 0.15) is 5.75 Å². The van der Waals surface area contributed by atoms with Crippen LogP contribution in [0, 0.1) is 0 Å². The van der Waals surface area contributed by atoms with E-state index in [9.17, 15) is 13.6 Å². The van der Waals surface area contributed by atoms with Gasteiger partial charge >= 0.3 is 0 Å². The molecule has 0 aliphatic rings. The van der Waals surface area contributed by atoms with Gasteiger partial charge in [-0.15, -0.1) is 0 Å². The Morgan fingerprint density at radius 2 is 2.11 bits per heavy atom. The minimum Gasteiger partial charge on any atom is -0.494 e. The molecule has 100 valence electrons. The molecule has 0 aliphatic carbocycles. The van der Waals surface area contributed by atoms with Crippen molar-refractivity contribution < 1.29 is 18.3 Å². The first kappa shape index (κ1) is 14.2. The molecule has 0 radical (unpaired) electrons. The molecule has 2 N–H and O–H groups in total. The number of hydrogen-bond donors (Lipinski definition) is 1. The number of carbonyl (C=O) groups excluding carboxylic acids is 1. The molecule has 0 atom stereocenters. The predicted octanol–water partition coefficient (Wildman–Crippen LogP) is 2.00. The number of carbonyl (C=O) groups is 1. The van der Waals surface area contributed by atoms with Crippen LogP contribution in [-0.2, 0) is 0 Å². The van der Waals surface area contributed by atoms with Gasteiger partial charge in [-0.3, -0.25) is 4.79 Å². The maximum absolute atomic E-state index is 12.2. The summed E-state index contributed by atoms with van der Waals surface area (Å²) in [5.74, 6) is -0.0603. The van der Waals surface area contributed by atoms with Gasteiger partial charge in [0.05, 0.1) is 13.2 Å². The molecule has 0 saturated heterocycles. The Morgan fingerprint density at radius 1 is 1.44 bits per heavy atom. The lowest BCUT2D eigenvalue weighted by atomic mass is 10.1. The summed E-state index contributed by atoms with van der Waals surface area (Å²) in [6.45, 7) is 1.62. The van der Waals surface area contributed by atoms with Crippen LogP contribution < -0.4 is 10.5 Å². The van der Waals surface area contributed by atoms with Crippen LogP contribution in [0.25, 0.3) is 0 Å². The largest absolute Gasteiger partial charge is 0.494 e. The third-order valence-electron chi connectivity index (χ3n) is 2.25. The molecular weight excluding hydrogens is 242 g/mol. The van der Waals surface area contributed by atoms with Crippen LogP contribution in [0.1, 0.15) is 17.3 Å². The highest BCUT2D eigenvalue weighted by Crippen LogP contribution is 2.20. The first-order valence-electron chi connectivity index (χ1n) is 5.51. The molecule has 1 aromatic carbocycles. The molecule has 4 nitrogen and oxygen atoms in total. The topological polar surface area (TPSA) is 55.6 Å². The van der Waals surface area contributed by atoms with Crippen LogP contribution in [0.15, 0.2) is 18.2 Å². The summed E-state index contributed by atoms with van der Waals surface area (Å²) >= 11 is 0. The Morgan fingerprint density at radius 3 is 2.67 bits per heavy atom. The van der Waals surface area contributed by atoms with E-state index in [4.69, 9.17) is 10.5 Å². The van der Waals surface area contributed by atoms with E-state index in [2.05, 4.69) is 0 Å². The fourth-order valence-electron chi connectivity index (χ4n) is 1.51. The molecule has 0 spiro atoms. The predicted molar refractivity (Wildman–Crippen MR) is 65.0 cm³/mol. The van der Waals surface area contributed by atoms with E-state index in [1.165, 1.54) is 19.2 Å². The number of rotatable bonds is 5. The molecule has 0 aromatic heterocycles. The van der Waals surface area contributed by atoms with Crippen molar-refractivity contribution in [2.45, 2.75) is 13.3 Å². The third-order valence-corrected chi connectivity index (χ3v) is 2.25. The molecule has 0 bridgehead atoms. The van der Waals surface area contributed by atoms with Crippen LogP contribution in [0.2, 0.25) is 0 Å². The fourth-order valence-corrected chi connectivity index (χ4v) is 1.51. The van der Waals surface area contributed by atoms with Crippen molar-refractivity contribution in [2.24, 2.45) is 0 Å². The van der Waals surface area contributed by atoms with Gasteiger partial charge in [-0.05, 0) is 19.1 Å². The molecule has 0 heterocycles. The van der Waals surface area contributed by atoms with E-state index in [0.29, 0.717) is 18.0 Å². The van der Waals surface area contributed by atoms with Crippen molar-refractivity contribution in [1.82, 2.24) is 4.90 Å². The van der Waals surface area contributed by atoms with Crippen LogP contribution in [0.4, 0.5) is 14.5 Å². The van der Waals surface area contributed by atoms with Gasteiger partial charge in [0.2, 0.25) is 0 Å². The normalized spacial score (nSPS) is 10.5. The van der Waals surface area contributed by atoms with Crippen molar-refractivity contribution >= 4 is 11.6 Å². The molecule has 0 aliphatic heterocycles. The average Bonchev–Trinajstić information content (AvgIpc) is 2.26. The molecular formula is C12H16F2N2O2. The molecule has 6 heteroatoms. The summed E-state index contributed by atoms with van der Waals surface area (Å²) in [6.07, 6.45) is -2.56. The van der Waals surface area contributed by atoms with E-state index in [1.807, 2.05) is 0 Å². The van der Waals surface area contributed by atoms with Gasteiger partial charge in [0.15, 0.2) is 0 Å². The molecule has 0 unspecified atom stereocenters. The zero-order chi connectivity index (χ0) is 13.7. The van der Waals surface area contributed by atoms with Crippen molar-refractivity contribution in [3.63, 3.8) is 0 Å². The van der Waals surface area contributed by atoms with Crippen molar-refractivity contribution in [3.05, 3.63) is 23.8 Å². The zero-order valence-electron chi connectivity index (χ0n) is 10.3. The van der Waals surface area contributed by atoms with E-state index < -0.39 is 18.9 Å². The molecule has 1 amide bonds. The van der Waals surface area contributed by atoms with Crippen LogP contribution in [0.3, 0.4) is 0 Å². The number of anilines is 1. The molecule has 1 aromatic rings. The second-order valence-electron chi connectivity index (χ2n) is 3.80. The summed E-state index contributed by atoms with van der Waals surface area (Å²) < 4.78 is 29.6. The van der Waals surface area contributed by atoms with E-state index in [0.717, 1.165) is 4.90 Å². The monoisotopic (exact) mass is 258 g/mol. The first-order chi connectivity index (χ1) is 8.43. The van der Waals surface area contributed by atoms with Gasteiger partial charge in [-0.2, -0.15) is 0 Å². The van der Waals surface area contributed by atoms with Gasteiger partial charge < -0.3 is 15.4 Å². The Hall–Kier alpha value is -1.85. The second-order valence-corrected chi connectivity index (χ2v) is 3.80. The van der Waals surface area contributed by atoms with Gasteiger partial charge in [-0.25, -0.2) is 8.78 Å². The third kappa shape index (κ3) is 3.87. The highest BCUT2D eigenvalue weighted by Gasteiger charge is 2.16. The second kappa shape index (κ2) is 6.18. The number of nitrogen functional groups attached to an aromatic ring is 1. The molecule has 1 rings (SSSR count). The number of halogens is 2. The minimum atomic E-state index is -2.56. The summed E-state index contributed by atoms with van der Waals surface area (Å²) in [5.41, 5.74) is 6.22. The lowest BCUT2D eigenvalue weighted by molar-refractivity contribution is 0.0620. The van der Waals surface area contributed by atoms with Gasteiger partial charge in [0.25, 0.3) is 12.3 Å². The smallest absolute Gasteiger partial charge is 0.255 e. The Kier molecular flexibility index (Phi) is 4.88. The van der Waals surface area contributed by atoms with E-state index in [1.54, 1.807) is 13.0 Å². The maximum Gasteiger partial charge on any atom is 0.255 e. The van der Waals surface area contributed by atoms with Crippen molar-refractivity contribution in [2.75, 3.05) is 25.9 Å². The number of hydrogen-bond acceptors (Lipinski definition) is 3. The van der Waals surface area contributed by atoms with Crippen LogP contribution in [0.5, 0.6) is 5.75 Å². The van der Waals surface area contributed by atoms with Crippen molar-refractivity contribution in [3.8, 4) is 5.75 Å². The molecule has 0 fully saturated rings. The van der Waals surface area contributed by atoms with E-state index in [-0.39, 0.29) is 5.56 Å². The number of nitrogens with two attached hydrogens (primary N) is 1. The highest BCUT2D eigenvalue weighted by molar-refractivity contribution is 5.95. The standard InChI is InChI=1S/C12H16F2N2O2/c1-3-18-10-5-8(4-9(15)6-10)12(17)16(2)7-11(13)14/h4-6,11H,3,7,15H2,1-2H3. The van der Waals surface area contributed by atoms with Gasteiger partial charge in [-0.1, -0.05) is 0 Å². The lowest BCUT2D eigenvalue weighted by Gasteiger charge is -2.17.